The first-order valence-electron chi connectivity index (χ1n) is 7.64. The lowest BCUT2D eigenvalue weighted by atomic mass is 10.2. The highest BCUT2D eigenvalue weighted by atomic mass is 15.9. The maximum Gasteiger partial charge on any atom is 0.297 e. The Morgan fingerprint density at radius 2 is 1.33 bits per heavy atom. The second-order valence-corrected chi connectivity index (χ2v) is 5.42. The molecule has 0 spiro atoms. The van der Waals surface area contributed by atoms with Gasteiger partial charge < -0.3 is 0 Å². The lowest BCUT2D eigenvalue weighted by Gasteiger charge is -1.96. The Labute approximate surface area is 138 Å². The molecule has 2 aromatic heterocycles. The van der Waals surface area contributed by atoms with Gasteiger partial charge in [-0.1, -0.05) is 46.6 Å². The average molecular weight is 318 g/mol. The zero-order chi connectivity index (χ0) is 16.5. The van der Waals surface area contributed by atoms with Crippen LogP contribution < -0.4 is 4.80 Å². The summed E-state index contributed by atoms with van der Waals surface area (Å²) in [6.07, 6.45) is 0. The first kappa shape index (κ1) is 14.3. The molecule has 0 atom stereocenters. The number of tetrazole rings is 1. The highest BCUT2D eigenvalue weighted by molar-refractivity contribution is 5.52. The van der Waals surface area contributed by atoms with E-state index < -0.39 is 0 Å². The van der Waals surface area contributed by atoms with Crippen molar-refractivity contribution in [3.05, 3.63) is 72.1 Å². The van der Waals surface area contributed by atoms with Crippen molar-refractivity contribution in [1.29, 1.82) is 0 Å². The fraction of sp³-hybridized carbons (Fsp3) is 0.118. The third-order valence-corrected chi connectivity index (χ3v) is 3.72. The van der Waals surface area contributed by atoms with Crippen LogP contribution in [-0.4, -0.2) is 30.2 Å². The number of nitrogens with zero attached hydrogens (tertiary/aromatic N) is 7. The van der Waals surface area contributed by atoms with Gasteiger partial charge in [0.25, 0.3) is 5.82 Å². The summed E-state index contributed by atoms with van der Waals surface area (Å²) in [5.41, 5.74) is 3.51. The van der Waals surface area contributed by atoms with Crippen LogP contribution in [-0.2, 0) is 0 Å². The molecule has 0 fully saturated rings. The molecule has 0 amide bonds. The number of hydrogen-bond acceptors (Lipinski definition) is 4. The summed E-state index contributed by atoms with van der Waals surface area (Å²) in [6, 6.07) is 19.6. The van der Waals surface area contributed by atoms with E-state index in [1.54, 1.807) is 9.70 Å². The molecule has 0 radical (unpaired) electrons. The Hall–Kier alpha value is -3.35. The average Bonchev–Trinajstić information content (AvgIpc) is 3.21. The van der Waals surface area contributed by atoms with Crippen LogP contribution in [0.25, 0.3) is 17.1 Å². The van der Waals surface area contributed by atoms with Crippen molar-refractivity contribution in [3.63, 3.8) is 0 Å². The molecular weight excluding hydrogens is 302 g/mol. The Morgan fingerprint density at radius 1 is 0.750 bits per heavy atom. The van der Waals surface area contributed by atoms with Gasteiger partial charge in [0.1, 0.15) is 16.3 Å². The van der Waals surface area contributed by atoms with Gasteiger partial charge in [0.15, 0.2) is 5.69 Å². The van der Waals surface area contributed by atoms with Crippen molar-refractivity contribution in [1.82, 2.24) is 30.2 Å². The van der Waals surface area contributed by atoms with E-state index in [9.17, 15) is 0 Å². The van der Waals surface area contributed by atoms with Crippen molar-refractivity contribution < 1.29 is 4.80 Å². The number of para-hydroxylation sites is 1. The second-order valence-electron chi connectivity index (χ2n) is 5.42. The number of rotatable bonds is 3. The van der Waals surface area contributed by atoms with Gasteiger partial charge in [0.2, 0.25) is 0 Å². The van der Waals surface area contributed by atoms with Crippen molar-refractivity contribution in [3.8, 4) is 17.1 Å². The fourth-order valence-corrected chi connectivity index (χ4v) is 2.33. The molecule has 2 heterocycles. The van der Waals surface area contributed by atoms with Crippen LogP contribution in [0.2, 0.25) is 0 Å². The predicted octanol–water partition coefficient (Wildman–Crippen LogP) is 1.74. The van der Waals surface area contributed by atoms with Crippen LogP contribution in [0.4, 0.5) is 0 Å². The predicted molar refractivity (Wildman–Crippen MR) is 87.3 cm³/mol. The van der Waals surface area contributed by atoms with E-state index in [2.05, 4.69) is 20.4 Å². The van der Waals surface area contributed by atoms with Crippen molar-refractivity contribution in [2.24, 2.45) is 0 Å². The molecule has 2 aromatic carbocycles. The standard InChI is InChI=1S/C17H16N7/c1-13-14(2)19-23(18-13)24-21-17(15-9-5-3-6-10-15)20-22(24)16-11-7-4-8-12-16/h3-12H,1-2H3/q+1. The normalized spacial score (nSPS) is 10.9. The van der Waals surface area contributed by atoms with Crippen LogP contribution in [0.1, 0.15) is 11.4 Å². The quantitative estimate of drug-likeness (QED) is 0.540. The molecular formula is C17H16N7+. The number of benzene rings is 2. The van der Waals surface area contributed by atoms with Gasteiger partial charge in [-0.15, -0.1) is 0 Å². The molecule has 7 nitrogen and oxygen atoms in total. The third-order valence-electron chi connectivity index (χ3n) is 3.72. The van der Waals surface area contributed by atoms with Crippen molar-refractivity contribution in [2.45, 2.75) is 13.8 Å². The lowest BCUT2D eigenvalue weighted by molar-refractivity contribution is -0.749. The molecule has 0 bridgehead atoms. The SMILES string of the molecule is Cc1nn(-n2nc(-c3ccccc3)n[n+]2-c2ccccc2)nc1C. The van der Waals surface area contributed by atoms with E-state index >= 15 is 0 Å². The molecule has 0 aliphatic rings. The fourth-order valence-electron chi connectivity index (χ4n) is 2.33. The summed E-state index contributed by atoms with van der Waals surface area (Å²) >= 11 is 0. The summed E-state index contributed by atoms with van der Waals surface area (Å²) in [5, 5.41) is 18.1. The Morgan fingerprint density at radius 3 is 1.96 bits per heavy atom. The van der Waals surface area contributed by atoms with E-state index in [0.717, 1.165) is 22.6 Å². The maximum absolute atomic E-state index is 4.63. The van der Waals surface area contributed by atoms with Crippen LogP contribution >= 0.6 is 0 Å². The summed E-state index contributed by atoms with van der Waals surface area (Å²) in [7, 11) is 0. The molecule has 0 aliphatic carbocycles. The van der Waals surface area contributed by atoms with Crippen molar-refractivity contribution in [2.75, 3.05) is 0 Å². The highest BCUT2D eigenvalue weighted by Gasteiger charge is 2.23. The number of hydrogen-bond donors (Lipinski definition) is 0. The van der Waals surface area contributed by atoms with E-state index in [4.69, 9.17) is 0 Å². The summed E-state index contributed by atoms with van der Waals surface area (Å²) in [5.74, 6) is 0.604. The zero-order valence-electron chi connectivity index (χ0n) is 13.4. The summed E-state index contributed by atoms with van der Waals surface area (Å²) < 4.78 is 0. The summed E-state index contributed by atoms with van der Waals surface area (Å²) in [6.45, 7) is 3.83. The Balaban J connectivity index is 1.92. The van der Waals surface area contributed by atoms with E-state index in [1.165, 1.54) is 4.91 Å². The highest BCUT2D eigenvalue weighted by Crippen LogP contribution is 2.12. The second kappa shape index (κ2) is 5.69. The molecule has 118 valence electrons. The molecule has 0 N–H and O–H groups in total. The molecule has 24 heavy (non-hydrogen) atoms. The van der Waals surface area contributed by atoms with Gasteiger partial charge in [0.05, 0.1) is 4.91 Å². The molecule has 7 heteroatoms. The minimum absolute atomic E-state index is 0.604. The van der Waals surface area contributed by atoms with E-state index in [1.807, 2.05) is 74.5 Å². The number of aryl methyl sites for hydroxylation is 2. The van der Waals surface area contributed by atoms with Crippen LogP contribution in [0, 0.1) is 13.8 Å². The minimum atomic E-state index is 0.604. The van der Waals surface area contributed by atoms with Crippen molar-refractivity contribution >= 4 is 0 Å². The van der Waals surface area contributed by atoms with E-state index in [-0.39, 0.29) is 0 Å². The van der Waals surface area contributed by atoms with Gasteiger partial charge in [-0.3, -0.25) is 0 Å². The Bertz CT molecular complexity index is 951. The zero-order valence-corrected chi connectivity index (χ0v) is 13.4. The van der Waals surface area contributed by atoms with Crippen LogP contribution in [0.15, 0.2) is 60.7 Å². The van der Waals surface area contributed by atoms with Crippen LogP contribution in [0.5, 0.6) is 0 Å². The number of aromatic nitrogens is 7. The summed E-state index contributed by atoms with van der Waals surface area (Å²) in [4.78, 5) is 4.69. The van der Waals surface area contributed by atoms with Gasteiger partial charge >= 0.3 is 0 Å². The molecule has 0 saturated heterocycles. The van der Waals surface area contributed by atoms with Gasteiger partial charge in [-0.05, 0) is 48.0 Å². The van der Waals surface area contributed by atoms with Crippen LogP contribution in [0.3, 0.4) is 0 Å². The molecule has 0 saturated carbocycles. The monoisotopic (exact) mass is 318 g/mol. The molecule has 4 rings (SSSR count). The first-order valence-corrected chi connectivity index (χ1v) is 7.64. The minimum Gasteiger partial charge on any atom is -0.0675 e. The lowest BCUT2D eigenvalue weighted by Crippen LogP contribution is -2.47. The molecule has 0 aliphatic heterocycles. The van der Waals surface area contributed by atoms with Gasteiger partial charge in [-0.25, -0.2) is 0 Å². The third kappa shape index (κ3) is 2.45. The smallest absolute Gasteiger partial charge is 0.0675 e. The molecule has 4 aromatic rings. The topological polar surface area (TPSA) is 65.3 Å². The first-order chi connectivity index (χ1) is 11.7. The van der Waals surface area contributed by atoms with E-state index in [0.29, 0.717) is 5.82 Å². The maximum atomic E-state index is 4.63. The molecule has 0 unspecified atom stereocenters. The van der Waals surface area contributed by atoms with Gasteiger partial charge in [-0.2, -0.15) is 0 Å². The Kier molecular flexibility index (Phi) is 3.38. The van der Waals surface area contributed by atoms with Gasteiger partial charge in [0, 0.05) is 10.7 Å². The largest absolute Gasteiger partial charge is 0.297 e.